The summed E-state index contributed by atoms with van der Waals surface area (Å²) in [6.45, 7) is 0.588. The number of ether oxygens (including phenoxy) is 1. The van der Waals surface area contributed by atoms with E-state index in [0.717, 1.165) is 0 Å². The molecule has 0 bridgehead atoms. The molecule has 0 fully saturated rings. The zero-order valence-corrected chi connectivity index (χ0v) is 10.2. The van der Waals surface area contributed by atoms with E-state index in [1.54, 1.807) is 18.2 Å². The van der Waals surface area contributed by atoms with E-state index >= 15 is 0 Å². The Morgan fingerprint density at radius 2 is 2.11 bits per heavy atom. The summed E-state index contributed by atoms with van der Waals surface area (Å²) in [4.78, 5) is 21.8. The molecular formula is C12H17N3O3. The largest absolute Gasteiger partial charge is 0.465 e. The van der Waals surface area contributed by atoms with Gasteiger partial charge in [-0.1, -0.05) is 0 Å². The van der Waals surface area contributed by atoms with Gasteiger partial charge in [0.05, 0.1) is 24.0 Å². The molecule has 0 aliphatic rings. The number of nitrogens with one attached hydrogen (secondary N) is 1. The lowest BCUT2D eigenvalue weighted by atomic mass is 10.1. The second-order valence-corrected chi connectivity index (χ2v) is 3.79. The predicted molar refractivity (Wildman–Crippen MR) is 69.1 cm³/mol. The fourth-order valence-corrected chi connectivity index (χ4v) is 1.45. The van der Waals surface area contributed by atoms with E-state index in [9.17, 15) is 9.59 Å². The molecule has 5 N–H and O–H groups in total. The standard InChI is InChI=1S/C12H17N3O3/c1-18-12(17)8-4-5-10(9(13)7-8)15-6-2-3-11(14)16/h4-5,7,15H,2-3,6,13H2,1H3,(H2,14,16). The fraction of sp³-hybridized carbons (Fsp3) is 0.333. The van der Waals surface area contributed by atoms with Crippen molar-refractivity contribution in [1.82, 2.24) is 0 Å². The Balaban J connectivity index is 2.57. The minimum absolute atomic E-state index is 0.327. The van der Waals surface area contributed by atoms with E-state index in [2.05, 4.69) is 10.1 Å². The number of nitrogen functional groups attached to an aromatic ring is 1. The van der Waals surface area contributed by atoms with E-state index in [0.29, 0.717) is 36.3 Å². The number of esters is 1. The van der Waals surface area contributed by atoms with Gasteiger partial charge in [0.2, 0.25) is 5.91 Å². The topological polar surface area (TPSA) is 107 Å². The summed E-state index contributed by atoms with van der Waals surface area (Å²) in [5.41, 5.74) is 12.4. The van der Waals surface area contributed by atoms with Crippen molar-refractivity contribution in [3.05, 3.63) is 23.8 Å². The molecule has 0 aliphatic carbocycles. The van der Waals surface area contributed by atoms with Gasteiger partial charge >= 0.3 is 5.97 Å². The third-order valence-electron chi connectivity index (χ3n) is 2.39. The summed E-state index contributed by atoms with van der Waals surface area (Å²) in [7, 11) is 1.31. The maximum atomic E-state index is 11.3. The van der Waals surface area contributed by atoms with Crippen LogP contribution in [-0.4, -0.2) is 25.5 Å². The molecule has 0 saturated carbocycles. The molecule has 1 aromatic carbocycles. The third-order valence-corrected chi connectivity index (χ3v) is 2.39. The molecule has 18 heavy (non-hydrogen) atoms. The maximum absolute atomic E-state index is 11.3. The molecule has 0 aliphatic heterocycles. The van der Waals surface area contributed by atoms with Crippen molar-refractivity contribution >= 4 is 23.3 Å². The smallest absolute Gasteiger partial charge is 0.337 e. The molecule has 0 aromatic heterocycles. The summed E-state index contributed by atoms with van der Waals surface area (Å²) in [6, 6.07) is 4.87. The number of hydrogen-bond donors (Lipinski definition) is 3. The second-order valence-electron chi connectivity index (χ2n) is 3.79. The molecule has 0 atom stereocenters. The van der Waals surface area contributed by atoms with Crippen LogP contribution in [0.25, 0.3) is 0 Å². The van der Waals surface area contributed by atoms with E-state index in [1.165, 1.54) is 7.11 Å². The van der Waals surface area contributed by atoms with Crippen LogP contribution in [0.3, 0.4) is 0 Å². The van der Waals surface area contributed by atoms with Crippen molar-refractivity contribution < 1.29 is 14.3 Å². The van der Waals surface area contributed by atoms with Crippen LogP contribution >= 0.6 is 0 Å². The van der Waals surface area contributed by atoms with Crippen LogP contribution in [0.15, 0.2) is 18.2 Å². The van der Waals surface area contributed by atoms with Crippen LogP contribution in [0, 0.1) is 0 Å². The molecule has 0 unspecified atom stereocenters. The second kappa shape index (κ2) is 6.48. The number of methoxy groups -OCH3 is 1. The summed E-state index contributed by atoms with van der Waals surface area (Å²) in [5.74, 6) is -0.757. The Kier molecular flexibility index (Phi) is 4.98. The first-order valence-electron chi connectivity index (χ1n) is 5.54. The molecule has 1 rings (SSSR count). The number of nitrogens with two attached hydrogens (primary N) is 2. The molecular weight excluding hydrogens is 234 g/mol. The van der Waals surface area contributed by atoms with Crippen molar-refractivity contribution in [3.63, 3.8) is 0 Å². The lowest BCUT2D eigenvalue weighted by molar-refractivity contribution is -0.118. The van der Waals surface area contributed by atoms with Gasteiger partial charge in [-0.05, 0) is 24.6 Å². The highest BCUT2D eigenvalue weighted by molar-refractivity contribution is 5.91. The van der Waals surface area contributed by atoms with Gasteiger partial charge in [0, 0.05) is 13.0 Å². The Labute approximate surface area is 105 Å². The summed E-state index contributed by atoms with van der Waals surface area (Å²) >= 11 is 0. The van der Waals surface area contributed by atoms with Gasteiger partial charge in [-0.15, -0.1) is 0 Å². The molecule has 0 radical (unpaired) electrons. The van der Waals surface area contributed by atoms with Gasteiger partial charge in [-0.3, -0.25) is 4.79 Å². The quantitative estimate of drug-likeness (QED) is 0.392. The SMILES string of the molecule is COC(=O)c1ccc(NCCCC(N)=O)c(N)c1. The van der Waals surface area contributed by atoms with Crippen molar-refractivity contribution in [3.8, 4) is 0 Å². The molecule has 6 heteroatoms. The number of carbonyl (C=O) groups excluding carboxylic acids is 2. The number of rotatable bonds is 6. The van der Waals surface area contributed by atoms with E-state index < -0.39 is 5.97 Å². The Hall–Kier alpha value is -2.24. The molecule has 0 saturated heterocycles. The monoisotopic (exact) mass is 251 g/mol. The van der Waals surface area contributed by atoms with Gasteiger partial charge in [-0.2, -0.15) is 0 Å². The Morgan fingerprint density at radius 1 is 1.39 bits per heavy atom. The first-order valence-corrected chi connectivity index (χ1v) is 5.54. The highest BCUT2D eigenvalue weighted by Crippen LogP contribution is 2.20. The number of benzene rings is 1. The number of anilines is 2. The van der Waals surface area contributed by atoms with Gasteiger partial charge in [0.1, 0.15) is 0 Å². The van der Waals surface area contributed by atoms with Crippen LogP contribution in [0.1, 0.15) is 23.2 Å². The lowest BCUT2D eigenvalue weighted by Gasteiger charge is -2.09. The van der Waals surface area contributed by atoms with Crippen LogP contribution in [0.2, 0.25) is 0 Å². The summed E-state index contributed by atoms with van der Waals surface area (Å²) in [6.07, 6.45) is 0.959. The first kappa shape index (κ1) is 13.8. The minimum atomic E-state index is -0.429. The van der Waals surface area contributed by atoms with Gasteiger partial charge in [0.25, 0.3) is 0 Å². The Bertz CT molecular complexity index is 446. The molecule has 0 spiro atoms. The van der Waals surface area contributed by atoms with E-state index in [1.807, 2.05) is 0 Å². The number of carbonyl (C=O) groups is 2. The minimum Gasteiger partial charge on any atom is -0.465 e. The van der Waals surface area contributed by atoms with Gasteiger partial charge < -0.3 is 21.5 Å². The van der Waals surface area contributed by atoms with Crippen LogP contribution in [0.4, 0.5) is 11.4 Å². The van der Waals surface area contributed by atoms with E-state index in [-0.39, 0.29) is 5.91 Å². The molecule has 98 valence electrons. The zero-order chi connectivity index (χ0) is 13.5. The lowest BCUT2D eigenvalue weighted by Crippen LogP contribution is -2.13. The number of hydrogen-bond acceptors (Lipinski definition) is 5. The maximum Gasteiger partial charge on any atom is 0.337 e. The molecule has 1 aromatic rings. The number of amides is 1. The zero-order valence-electron chi connectivity index (χ0n) is 10.2. The normalized spacial score (nSPS) is 9.83. The Morgan fingerprint density at radius 3 is 2.67 bits per heavy atom. The van der Waals surface area contributed by atoms with Crippen molar-refractivity contribution in [2.24, 2.45) is 5.73 Å². The van der Waals surface area contributed by atoms with Crippen LogP contribution < -0.4 is 16.8 Å². The molecule has 6 nitrogen and oxygen atoms in total. The fourth-order valence-electron chi connectivity index (χ4n) is 1.45. The predicted octanol–water partition coefficient (Wildman–Crippen LogP) is 0.733. The van der Waals surface area contributed by atoms with Crippen LogP contribution in [-0.2, 0) is 9.53 Å². The highest BCUT2D eigenvalue weighted by atomic mass is 16.5. The van der Waals surface area contributed by atoms with Crippen molar-refractivity contribution in [2.75, 3.05) is 24.7 Å². The van der Waals surface area contributed by atoms with Gasteiger partial charge in [-0.25, -0.2) is 4.79 Å². The average Bonchev–Trinajstić information content (AvgIpc) is 2.34. The molecule has 0 heterocycles. The van der Waals surface area contributed by atoms with Crippen molar-refractivity contribution in [1.29, 1.82) is 0 Å². The average molecular weight is 251 g/mol. The highest BCUT2D eigenvalue weighted by Gasteiger charge is 2.07. The first-order chi connectivity index (χ1) is 8.54. The third kappa shape index (κ3) is 3.97. The van der Waals surface area contributed by atoms with E-state index in [4.69, 9.17) is 11.5 Å². The van der Waals surface area contributed by atoms with Gasteiger partial charge in [0.15, 0.2) is 0 Å². The van der Waals surface area contributed by atoms with Crippen LogP contribution in [0.5, 0.6) is 0 Å². The molecule has 1 amide bonds. The summed E-state index contributed by atoms with van der Waals surface area (Å²) < 4.78 is 4.59. The number of primary amides is 1. The van der Waals surface area contributed by atoms with Crippen molar-refractivity contribution in [2.45, 2.75) is 12.8 Å². The summed E-state index contributed by atoms with van der Waals surface area (Å²) in [5, 5.41) is 3.07.